The van der Waals surface area contributed by atoms with Crippen LogP contribution >= 0.6 is 0 Å². The highest BCUT2D eigenvalue weighted by molar-refractivity contribution is 5.80. The molecule has 1 aromatic rings. The van der Waals surface area contributed by atoms with Crippen LogP contribution in [-0.4, -0.2) is 30.2 Å². The average molecular weight is 302 g/mol. The van der Waals surface area contributed by atoms with Gasteiger partial charge < -0.3 is 20.1 Å². The first kappa shape index (κ1) is 13.9. The summed E-state index contributed by atoms with van der Waals surface area (Å²) in [6.45, 7) is 1.13. The second-order valence-corrected chi connectivity index (χ2v) is 6.57. The van der Waals surface area contributed by atoms with Crippen LogP contribution in [0.2, 0.25) is 0 Å². The molecule has 2 aliphatic heterocycles. The minimum absolute atomic E-state index is 0.115. The van der Waals surface area contributed by atoms with Gasteiger partial charge in [-0.15, -0.1) is 0 Å². The van der Waals surface area contributed by atoms with Gasteiger partial charge in [-0.2, -0.15) is 0 Å². The Labute approximate surface area is 130 Å². The largest absolute Gasteiger partial charge is 0.454 e. The van der Waals surface area contributed by atoms with Crippen molar-refractivity contribution in [2.45, 2.75) is 44.2 Å². The SMILES string of the molecule is N[C@@H]1CC[C@H](C(=O)N2CCC[C@@H]2c2ccc3c(c2)OCO3)C1. The molecule has 1 aromatic carbocycles. The van der Waals surface area contributed by atoms with Crippen molar-refractivity contribution in [1.29, 1.82) is 0 Å². The van der Waals surface area contributed by atoms with Gasteiger partial charge in [0.1, 0.15) is 0 Å². The van der Waals surface area contributed by atoms with Gasteiger partial charge >= 0.3 is 0 Å². The second-order valence-electron chi connectivity index (χ2n) is 6.57. The number of rotatable bonds is 2. The summed E-state index contributed by atoms with van der Waals surface area (Å²) in [5.74, 6) is 1.99. The quantitative estimate of drug-likeness (QED) is 0.909. The van der Waals surface area contributed by atoms with Crippen LogP contribution in [0, 0.1) is 5.92 Å². The Bertz CT molecular complexity index is 589. The molecule has 1 saturated carbocycles. The Hall–Kier alpha value is -1.75. The van der Waals surface area contributed by atoms with E-state index in [1.807, 2.05) is 12.1 Å². The number of nitrogens with two attached hydrogens (primary N) is 1. The molecule has 2 N–H and O–H groups in total. The highest BCUT2D eigenvalue weighted by Gasteiger charge is 2.37. The third kappa shape index (κ3) is 2.33. The van der Waals surface area contributed by atoms with E-state index in [2.05, 4.69) is 11.0 Å². The van der Waals surface area contributed by atoms with Gasteiger partial charge in [-0.25, -0.2) is 0 Å². The molecule has 3 aliphatic rings. The van der Waals surface area contributed by atoms with Crippen LogP contribution in [0.3, 0.4) is 0 Å². The predicted molar refractivity (Wildman–Crippen MR) is 81.6 cm³/mol. The van der Waals surface area contributed by atoms with Crippen molar-refractivity contribution in [2.75, 3.05) is 13.3 Å². The summed E-state index contributed by atoms with van der Waals surface area (Å²) >= 11 is 0. The Morgan fingerprint density at radius 2 is 2.05 bits per heavy atom. The summed E-state index contributed by atoms with van der Waals surface area (Å²) in [6.07, 6.45) is 4.82. The first-order valence-corrected chi connectivity index (χ1v) is 8.18. The summed E-state index contributed by atoms with van der Waals surface area (Å²) in [6, 6.07) is 6.40. The van der Waals surface area contributed by atoms with Crippen molar-refractivity contribution in [2.24, 2.45) is 11.7 Å². The molecule has 5 heteroatoms. The summed E-state index contributed by atoms with van der Waals surface area (Å²) in [5, 5.41) is 0. The molecule has 1 amide bonds. The van der Waals surface area contributed by atoms with Gasteiger partial charge in [0.15, 0.2) is 11.5 Å². The van der Waals surface area contributed by atoms with E-state index in [0.717, 1.165) is 55.7 Å². The molecule has 0 bridgehead atoms. The lowest BCUT2D eigenvalue weighted by Crippen LogP contribution is -2.35. The number of carbonyl (C=O) groups excluding carboxylic acids is 1. The van der Waals surface area contributed by atoms with E-state index in [9.17, 15) is 4.79 Å². The summed E-state index contributed by atoms with van der Waals surface area (Å²) < 4.78 is 10.8. The fourth-order valence-electron chi connectivity index (χ4n) is 3.97. The first-order chi connectivity index (χ1) is 10.7. The van der Waals surface area contributed by atoms with Crippen LogP contribution in [-0.2, 0) is 4.79 Å². The van der Waals surface area contributed by atoms with E-state index in [0.29, 0.717) is 0 Å². The number of ether oxygens (including phenoxy) is 2. The fraction of sp³-hybridized carbons (Fsp3) is 0.588. The van der Waals surface area contributed by atoms with E-state index < -0.39 is 0 Å². The molecule has 0 aromatic heterocycles. The van der Waals surface area contributed by atoms with Crippen molar-refractivity contribution in [1.82, 2.24) is 4.90 Å². The molecular formula is C17H22N2O3. The smallest absolute Gasteiger partial charge is 0.231 e. The Balaban J connectivity index is 1.54. The fourth-order valence-corrected chi connectivity index (χ4v) is 3.97. The molecule has 118 valence electrons. The van der Waals surface area contributed by atoms with Crippen LogP contribution < -0.4 is 15.2 Å². The Morgan fingerprint density at radius 1 is 1.18 bits per heavy atom. The molecule has 2 fully saturated rings. The zero-order chi connectivity index (χ0) is 15.1. The number of hydrogen-bond acceptors (Lipinski definition) is 4. The minimum atomic E-state index is 0.115. The zero-order valence-electron chi connectivity index (χ0n) is 12.7. The van der Waals surface area contributed by atoms with Crippen LogP contribution in [0.5, 0.6) is 11.5 Å². The van der Waals surface area contributed by atoms with Gasteiger partial charge in [-0.05, 0) is 49.8 Å². The van der Waals surface area contributed by atoms with Gasteiger partial charge in [-0.1, -0.05) is 6.07 Å². The van der Waals surface area contributed by atoms with E-state index in [4.69, 9.17) is 15.2 Å². The number of benzene rings is 1. The topological polar surface area (TPSA) is 64.8 Å². The minimum Gasteiger partial charge on any atom is -0.454 e. The number of fused-ring (bicyclic) bond motifs is 1. The molecular weight excluding hydrogens is 280 g/mol. The highest BCUT2D eigenvalue weighted by Crippen LogP contribution is 2.40. The number of nitrogens with zero attached hydrogens (tertiary/aromatic N) is 1. The van der Waals surface area contributed by atoms with E-state index in [1.54, 1.807) is 0 Å². The van der Waals surface area contributed by atoms with Gasteiger partial charge in [0.2, 0.25) is 12.7 Å². The molecule has 4 rings (SSSR count). The normalized spacial score (nSPS) is 30.0. The number of hydrogen-bond donors (Lipinski definition) is 1. The molecule has 1 saturated heterocycles. The summed E-state index contributed by atoms with van der Waals surface area (Å²) in [7, 11) is 0. The lowest BCUT2D eigenvalue weighted by Gasteiger charge is -2.28. The number of carbonyl (C=O) groups is 1. The van der Waals surface area contributed by atoms with E-state index in [-0.39, 0.29) is 30.7 Å². The van der Waals surface area contributed by atoms with Gasteiger partial charge in [0, 0.05) is 18.5 Å². The maximum Gasteiger partial charge on any atom is 0.231 e. The van der Waals surface area contributed by atoms with Crippen LogP contribution in [0.1, 0.15) is 43.7 Å². The first-order valence-electron chi connectivity index (χ1n) is 8.18. The van der Waals surface area contributed by atoms with E-state index >= 15 is 0 Å². The van der Waals surface area contributed by atoms with Crippen molar-refractivity contribution >= 4 is 5.91 Å². The Morgan fingerprint density at radius 3 is 2.86 bits per heavy atom. The monoisotopic (exact) mass is 302 g/mol. The zero-order valence-corrected chi connectivity index (χ0v) is 12.7. The van der Waals surface area contributed by atoms with Crippen molar-refractivity contribution in [3.8, 4) is 11.5 Å². The predicted octanol–water partition coefficient (Wildman–Crippen LogP) is 2.21. The lowest BCUT2D eigenvalue weighted by molar-refractivity contribution is -0.136. The third-order valence-electron chi connectivity index (χ3n) is 5.14. The highest BCUT2D eigenvalue weighted by atomic mass is 16.7. The molecule has 1 aliphatic carbocycles. The molecule has 0 radical (unpaired) electrons. The second kappa shape index (κ2) is 5.47. The van der Waals surface area contributed by atoms with Crippen LogP contribution in [0.25, 0.3) is 0 Å². The van der Waals surface area contributed by atoms with Crippen LogP contribution in [0.15, 0.2) is 18.2 Å². The van der Waals surface area contributed by atoms with E-state index in [1.165, 1.54) is 0 Å². The number of likely N-dealkylation sites (tertiary alicyclic amines) is 1. The molecule has 5 nitrogen and oxygen atoms in total. The summed E-state index contributed by atoms with van der Waals surface area (Å²) in [4.78, 5) is 14.9. The maximum absolute atomic E-state index is 12.8. The molecule has 3 atom stereocenters. The van der Waals surface area contributed by atoms with Gasteiger partial charge in [0.25, 0.3) is 0 Å². The molecule has 0 unspecified atom stereocenters. The summed E-state index contributed by atoms with van der Waals surface area (Å²) in [5.41, 5.74) is 7.12. The van der Waals surface area contributed by atoms with Crippen molar-refractivity contribution < 1.29 is 14.3 Å². The maximum atomic E-state index is 12.8. The van der Waals surface area contributed by atoms with Gasteiger partial charge in [-0.3, -0.25) is 4.79 Å². The lowest BCUT2D eigenvalue weighted by atomic mass is 10.0. The molecule has 22 heavy (non-hydrogen) atoms. The number of amides is 1. The standard InChI is InChI=1S/C17H22N2O3/c18-13-5-3-12(8-13)17(20)19-7-1-2-14(19)11-4-6-15-16(9-11)22-10-21-15/h4,6,9,12-14H,1-3,5,7-8,10,18H2/t12-,13+,14+/m0/s1. The van der Waals surface area contributed by atoms with Crippen molar-refractivity contribution in [3.05, 3.63) is 23.8 Å². The molecule has 0 spiro atoms. The van der Waals surface area contributed by atoms with Crippen LogP contribution in [0.4, 0.5) is 0 Å². The average Bonchev–Trinajstić information content (AvgIpc) is 3.25. The van der Waals surface area contributed by atoms with Crippen molar-refractivity contribution in [3.63, 3.8) is 0 Å². The Kier molecular flexibility index (Phi) is 3.45. The molecule has 2 heterocycles. The third-order valence-corrected chi connectivity index (χ3v) is 5.14. The van der Waals surface area contributed by atoms with Gasteiger partial charge in [0.05, 0.1) is 6.04 Å².